The highest BCUT2D eigenvalue weighted by atomic mass is 32.2. The van der Waals surface area contributed by atoms with Crippen molar-refractivity contribution in [3.8, 4) is 0 Å². The lowest BCUT2D eigenvalue weighted by Crippen LogP contribution is -1.97. The van der Waals surface area contributed by atoms with Gasteiger partial charge < -0.3 is 4.57 Å². The monoisotopic (exact) mass is 183 g/mol. The number of thioether (sulfide) groups is 1. The summed E-state index contributed by atoms with van der Waals surface area (Å²) in [6, 6.07) is 0. The molecule has 64 valence electrons. The first-order valence-corrected chi connectivity index (χ1v) is 4.64. The second-order valence-electron chi connectivity index (χ2n) is 2.92. The first-order chi connectivity index (χ1) is 5.77. The van der Waals surface area contributed by atoms with Crippen molar-refractivity contribution in [2.45, 2.75) is 18.0 Å². The van der Waals surface area contributed by atoms with Crippen LogP contribution in [0.3, 0.4) is 0 Å². The number of nitrogens with zero attached hydrogens (tertiary/aromatic N) is 3. The van der Waals surface area contributed by atoms with E-state index in [4.69, 9.17) is 0 Å². The van der Waals surface area contributed by atoms with E-state index in [1.165, 1.54) is 11.8 Å². The van der Waals surface area contributed by atoms with Crippen molar-refractivity contribution in [1.82, 2.24) is 14.8 Å². The molecular weight excluding hydrogens is 174 g/mol. The van der Waals surface area contributed by atoms with Crippen molar-refractivity contribution in [1.29, 1.82) is 0 Å². The molecule has 1 aliphatic rings. The molecule has 5 heteroatoms. The molecule has 0 N–H and O–H groups in total. The molecular formula is C7H9N3OS. The molecule has 1 aromatic heterocycles. The molecule has 0 unspecified atom stereocenters. The average Bonchev–Trinajstić information content (AvgIpc) is 2.80. The SMILES string of the molecule is Cn1cnnc1SC(=O)C1CC1. The lowest BCUT2D eigenvalue weighted by molar-refractivity contribution is -0.112. The van der Waals surface area contributed by atoms with Crippen LogP contribution in [-0.4, -0.2) is 19.9 Å². The molecule has 0 atom stereocenters. The topological polar surface area (TPSA) is 47.8 Å². The summed E-state index contributed by atoms with van der Waals surface area (Å²) in [4.78, 5) is 11.3. The van der Waals surface area contributed by atoms with Crippen LogP contribution in [0.25, 0.3) is 0 Å². The molecule has 0 bridgehead atoms. The third-order valence-corrected chi connectivity index (χ3v) is 2.86. The van der Waals surface area contributed by atoms with Crippen LogP contribution in [0.5, 0.6) is 0 Å². The highest BCUT2D eigenvalue weighted by Gasteiger charge is 2.30. The van der Waals surface area contributed by atoms with Gasteiger partial charge in [-0.2, -0.15) is 0 Å². The number of carbonyl (C=O) groups excluding carboxylic acids is 1. The quantitative estimate of drug-likeness (QED) is 0.637. The highest BCUT2D eigenvalue weighted by Crippen LogP contribution is 2.35. The zero-order valence-electron chi connectivity index (χ0n) is 6.73. The zero-order chi connectivity index (χ0) is 8.55. The molecule has 1 aromatic rings. The van der Waals surface area contributed by atoms with E-state index in [1.54, 1.807) is 10.9 Å². The summed E-state index contributed by atoms with van der Waals surface area (Å²) < 4.78 is 1.75. The second kappa shape index (κ2) is 2.90. The van der Waals surface area contributed by atoms with Gasteiger partial charge in [-0.15, -0.1) is 10.2 Å². The third-order valence-electron chi connectivity index (χ3n) is 1.77. The molecule has 12 heavy (non-hydrogen) atoms. The Labute approximate surface area is 74.4 Å². The van der Waals surface area contributed by atoms with Crippen LogP contribution in [-0.2, 0) is 11.8 Å². The summed E-state index contributed by atoms with van der Waals surface area (Å²) in [6.45, 7) is 0. The van der Waals surface area contributed by atoms with Gasteiger partial charge in [0.1, 0.15) is 6.33 Å². The number of hydrogen-bond acceptors (Lipinski definition) is 4. The van der Waals surface area contributed by atoms with Crippen LogP contribution in [0.1, 0.15) is 12.8 Å². The summed E-state index contributed by atoms with van der Waals surface area (Å²) in [7, 11) is 1.84. The highest BCUT2D eigenvalue weighted by molar-refractivity contribution is 8.13. The van der Waals surface area contributed by atoms with Crippen LogP contribution in [0.4, 0.5) is 0 Å². The number of aryl methyl sites for hydroxylation is 1. The van der Waals surface area contributed by atoms with Gasteiger partial charge >= 0.3 is 0 Å². The minimum atomic E-state index is 0.228. The molecule has 0 aliphatic heterocycles. The molecule has 1 heterocycles. The first kappa shape index (κ1) is 7.79. The Morgan fingerprint density at radius 3 is 3.00 bits per heavy atom. The Kier molecular flexibility index (Phi) is 1.88. The van der Waals surface area contributed by atoms with Gasteiger partial charge in [-0.3, -0.25) is 4.79 Å². The molecule has 2 rings (SSSR count). The van der Waals surface area contributed by atoms with E-state index in [1.807, 2.05) is 7.05 Å². The fourth-order valence-corrected chi connectivity index (χ4v) is 1.72. The number of carbonyl (C=O) groups is 1. The maximum atomic E-state index is 11.3. The van der Waals surface area contributed by atoms with Crippen LogP contribution in [0, 0.1) is 5.92 Å². The maximum absolute atomic E-state index is 11.3. The Hall–Kier alpha value is -0.840. The molecule has 4 nitrogen and oxygen atoms in total. The van der Waals surface area contributed by atoms with E-state index in [9.17, 15) is 4.79 Å². The van der Waals surface area contributed by atoms with Crippen molar-refractivity contribution < 1.29 is 4.79 Å². The first-order valence-electron chi connectivity index (χ1n) is 3.83. The fraction of sp³-hybridized carbons (Fsp3) is 0.571. The lowest BCUT2D eigenvalue weighted by Gasteiger charge is -1.96. The fourth-order valence-electron chi connectivity index (χ4n) is 0.857. The normalized spacial score (nSPS) is 16.4. The number of hydrogen-bond donors (Lipinski definition) is 0. The summed E-state index contributed by atoms with van der Waals surface area (Å²) in [5, 5.41) is 8.43. The van der Waals surface area contributed by atoms with Gasteiger partial charge in [-0.1, -0.05) is 0 Å². The smallest absolute Gasteiger partial charge is 0.199 e. The minimum absolute atomic E-state index is 0.228. The third kappa shape index (κ3) is 1.50. The number of rotatable bonds is 2. The molecule has 0 amide bonds. The number of aromatic nitrogens is 3. The van der Waals surface area contributed by atoms with Crippen molar-refractivity contribution in [3.05, 3.63) is 6.33 Å². The van der Waals surface area contributed by atoms with Crippen molar-refractivity contribution in [2.75, 3.05) is 0 Å². The van der Waals surface area contributed by atoms with E-state index in [0.29, 0.717) is 5.16 Å². The zero-order valence-corrected chi connectivity index (χ0v) is 7.54. The van der Waals surface area contributed by atoms with Gasteiger partial charge in [-0.05, 0) is 24.6 Å². The molecule has 0 saturated heterocycles. The largest absolute Gasteiger partial charge is 0.311 e. The van der Waals surface area contributed by atoms with Crippen LogP contribution >= 0.6 is 11.8 Å². The molecule has 1 aliphatic carbocycles. The summed E-state index contributed by atoms with van der Waals surface area (Å²) in [6.07, 6.45) is 3.69. The Morgan fingerprint density at radius 2 is 2.50 bits per heavy atom. The second-order valence-corrected chi connectivity index (χ2v) is 3.89. The molecule has 0 aromatic carbocycles. The van der Waals surface area contributed by atoms with Crippen molar-refractivity contribution >= 4 is 16.9 Å². The summed E-state index contributed by atoms with van der Waals surface area (Å²) in [5.41, 5.74) is 0. The predicted octanol–water partition coefficient (Wildman–Crippen LogP) is 0.844. The summed E-state index contributed by atoms with van der Waals surface area (Å²) >= 11 is 1.20. The molecule has 1 fully saturated rings. The molecule has 0 radical (unpaired) electrons. The van der Waals surface area contributed by atoms with E-state index in [0.717, 1.165) is 12.8 Å². The maximum Gasteiger partial charge on any atom is 0.199 e. The average molecular weight is 183 g/mol. The minimum Gasteiger partial charge on any atom is -0.311 e. The molecule has 0 spiro atoms. The van der Waals surface area contributed by atoms with Gasteiger partial charge in [-0.25, -0.2) is 0 Å². The van der Waals surface area contributed by atoms with Gasteiger partial charge in [0.2, 0.25) is 0 Å². The van der Waals surface area contributed by atoms with Gasteiger partial charge in [0.15, 0.2) is 10.3 Å². The van der Waals surface area contributed by atoms with Crippen LogP contribution < -0.4 is 0 Å². The van der Waals surface area contributed by atoms with Gasteiger partial charge in [0.05, 0.1) is 0 Å². The van der Waals surface area contributed by atoms with Crippen LogP contribution in [0.15, 0.2) is 11.5 Å². The standard InChI is InChI=1S/C7H9N3OS/c1-10-4-8-9-7(10)12-6(11)5-2-3-5/h4-5H,2-3H2,1H3. The Morgan fingerprint density at radius 1 is 1.75 bits per heavy atom. The van der Waals surface area contributed by atoms with E-state index < -0.39 is 0 Å². The van der Waals surface area contributed by atoms with E-state index in [-0.39, 0.29) is 11.0 Å². The molecule has 1 saturated carbocycles. The van der Waals surface area contributed by atoms with Crippen LogP contribution in [0.2, 0.25) is 0 Å². The Balaban J connectivity index is 2.02. The van der Waals surface area contributed by atoms with Gasteiger partial charge in [0, 0.05) is 13.0 Å². The summed E-state index contributed by atoms with van der Waals surface area (Å²) in [5.74, 6) is 0.284. The van der Waals surface area contributed by atoms with Gasteiger partial charge in [0.25, 0.3) is 0 Å². The van der Waals surface area contributed by atoms with E-state index >= 15 is 0 Å². The predicted molar refractivity (Wildman–Crippen MR) is 44.6 cm³/mol. The van der Waals surface area contributed by atoms with E-state index in [2.05, 4.69) is 10.2 Å². The van der Waals surface area contributed by atoms with Crippen molar-refractivity contribution in [3.63, 3.8) is 0 Å². The Bertz CT molecular complexity index is 305. The van der Waals surface area contributed by atoms with Crippen molar-refractivity contribution in [2.24, 2.45) is 13.0 Å². The lowest BCUT2D eigenvalue weighted by atomic mass is 10.5.